The van der Waals surface area contributed by atoms with Gasteiger partial charge in [0.2, 0.25) is 9.97 Å². The van der Waals surface area contributed by atoms with Crippen molar-refractivity contribution in [1.29, 1.82) is 0 Å². The number of aryl methyl sites for hydroxylation is 1. The average Bonchev–Trinajstić information content (AvgIpc) is 3.00. The number of fused-ring (bicyclic) bond motifs is 1. The molecule has 0 aliphatic carbocycles. The number of nitrogens with one attached hydrogen (secondary N) is 1. The molecule has 0 fully saturated rings. The van der Waals surface area contributed by atoms with Crippen LogP contribution >= 0.6 is 11.3 Å². The predicted molar refractivity (Wildman–Crippen MR) is 68.8 cm³/mol. The molecule has 0 unspecified atom stereocenters. The lowest BCUT2D eigenvalue weighted by Gasteiger charge is -2.01. The molecule has 0 aliphatic rings. The molecule has 1 N–H and O–H groups in total. The number of hydrogen-bond acceptors (Lipinski definition) is 6. The Hall–Kier alpha value is -2.35. The highest BCUT2D eigenvalue weighted by molar-refractivity contribution is 7.18. The average molecular weight is 274 g/mol. The number of hydrogen-bond donors (Lipinski definition) is 1. The van der Waals surface area contributed by atoms with E-state index in [0.29, 0.717) is 22.3 Å². The van der Waals surface area contributed by atoms with Crippen LogP contribution in [0.3, 0.4) is 0 Å². The van der Waals surface area contributed by atoms with Crippen LogP contribution in [0.25, 0.3) is 4.96 Å². The van der Waals surface area contributed by atoms with Gasteiger partial charge in [-0.05, 0) is 24.6 Å². The monoisotopic (exact) mass is 274 g/mol. The molecule has 0 bridgehead atoms. The van der Waals surface area contributed by atoms with Crippen molar-refractivity contribution >= 4 is 22.2 Å². The summed E-state index contributed by atoms with van der Waals surface area (Å²) < 4.78 is 1.56. The van der Waals surface area contributed by atoms with Crippen molar-refractivity contribution in [2.75, 3.05) is 0 Å². The molecule has 3 rings (SSSR count). The zero-order valence-corrected chi connectivity index (χ0v) is 10.9. The summed E-state index contributed by atoms with van der Waals surface area (Å²) in [5, 5.41) is 15.1. The van der Waals surface area contributed by atoms with E-state index in [4.69, 9.17) is 0 Å². The lowest BCUT2D eigenvalue weighted by atomic mass is 10.3. The molecular weight excluding hydrogens is 264 g/mol. The first-order valence-corrected chi connectivity index (χ1v) is 6.41. The van der Waals surface area contributed by atoms with Gasteiger partial charge in [-0.3, -0.25) is 9.78 Å². The molecule has 3 aromatic heterocycles. The molecule has 0 aromatic carbocycles. The van der Waals surface area contributed by atoms with Gasteiger partial charge >= 0.3 is 0 Å². The molecule has 0 spiro atoms. The summed E-state index contributed by atoms with van der Waals surface area (Å²) in [5.41, 5.74) is 0.988. The lowest BCUT2D eigenvalue weighted by Crippen LogP contribution is -2.22. The van der Waals surface area contributed by atoms with Gasteiger partial charge in [-0.15, -0.1) is 15.3 Å². The highest BCUT2D eigenvalue weighted by Crippen LogP contribution is 2.13. The first-order chi connectivity index (χ1) is 9.24. The number of aromatic nitrogens is 5. The maximum absolute atomic E-state index is 12.0. The second-order valence-corrected chi connectivity index (χ2v) is 4.84. The number of rotatable bonds is 3. The van der Waals surface area contributed by atoms with Crippen molar-refractivity contribution < 1.29 is 4.79 Å². The molecule has 1 amide bonds. The highest BCUT2D eigenvalue weighted by Gasteiger charge is 2.14. The van der Waals surface area contributed by atoms with Crippen LogP contribution in [-0.2, 0) is 6.54 Å². The van der Waals surface area contributed by atoms with Crippen LogP contribution < -0.4 is 5.32 Å². The van der Waals surface area contributed by atoms with E-state index in [9.17, 15) is 4.79 Å². The fourth-order valence-electron chi connectivity index (χ4n) is 1.57. The summed E-state index contributed by atoms with van der Waals surface area (Å²) in [6.45, 7) is 2.23. The van der Waals surface area contributed by atoms with Crippen molar-refractivity contribution in [2.24, 2.45) is 0 Å². The third-order valence-electron chi connectivity index (χ3n) is 2.54. The molecule has 0 saturated carbocycles. The summed E-state index contributed by atoms with van der Waals surface area (Å²) in [7, 11) is 0. The standard InChI is InChI=1S/C11H10N6OS/c1-7-14-15-11-17(7)16-10(19-11)9(18)13-6-8-2-4-12-5-3-8/h2-5H,6H2,1H3,(H,13,18). The van der Waals surface area contributed by atoms with Gasteiger partial charge < -0.3 is 5.32 Å². The van der Waals surface area contributed by atoms with Gasteiger partial charge in [0.15, 0.2) is 5.82 Å². The SMILES string of the molecule is Cc1nnc2sc(C(=O)NCc3ccncc3)nn12. The Morgan fingerprint density at radius 1 is 1.37 bits per heavy atom. The molecule has 3 heterocycles. The quantitative estimate of drug-likeness (QED) is 0.764. The molecule has 0 saturated heterocycles. The van der Waals surface area contributed by atoms with E-state index in [0.717, 1.165) is 5.56 Å². The topological polar surface area (TPSA) is 85.1 Å². The van der Waals surface area contributed by atoms with E-state index in [1.807, 2.05) is 12.1 Å². The molecule has 3 aromatic rings. The van der Waals surface area contributed by atoms with Gasteiger partial charge in [0.25, 0.3) is 5.91 Å². The van der Waals surface area contributed by atoms with E-state index in [1.165, 1.54) is 11.3 Å². The van der Waals surface area contributed by atoms with Crippen molar-refractivity contribution in [3.63, 3.8) is 0 Å². The number of carbonyl (C=O) groups excluding carboxylic acids is 1. The van der Waals surface area contributed by atoms with Crippen molar-refractivity contribution in [1.82, 2.24) is 30.1 Å². The van der Waals surface area contributed by atoms with Gasteiger partial charge in [-0.1, -0.05) is 11.3 Å². The van der Waals surface area contributed by atoms with E-state index < -0.39 is 0 Å². The number of pyridine rings is 1. The summed E-state index contributed by atoms with van der Waals surface area (Å²) in [5.74, 6) is 0.450. The summed E-state index contributed by atoms with van der Waals surface area (Å²) in [6.07, 6.45) is 3.38. The fraction of sp³-hybridized carbons (Fsp3) is 0.182. The molecule has 96 valence electrons. The third kappa shape index (κ3) is 2.29. The maximum Gasteiger partial charge on any atom is 0.282 e. The minimum absolute atomic E-state index is 0.216. The third-order valence-corrected chi connectivity index (χ3v) is 3.44. The minimum atomic E-state index is -0.216. The fourth-order valence-corrected chi connectivity index (χ4v) is 2.37. The second-order valence-electron chi connectivity index (χ2n) is 3.89. The summed E-state index contributed by atoms with van der Waals surface area (Å²) in [6, 6.07) is 3.70. The van der Waals surface area contributed by atoms with E-state index in [2.05, 4.69) is 25.6 Å². The van der Waals surface area contributed by atoms with Crippen LogP contribution in [-0.4, -0.2) is 30.7 Å². The van der Waals surface area contributed by atoms with Crippen LogP contribution in [0.2, 0.25) is 0 Å². The molecule has 8 heteroatoms. The summed E-state index contributed by atoms with van der Waals surface area (Å²) in [4.78, 5) is 16.5. The Bertz CT molecular complexity index is 719. The predicted octanol–water partition coefficient (Wildman–Crippen LogP) is 0.819. The number of nitrogens with zero attached hydrogens (tertiary/aromatic N) is 5. The Labute approximate surface area is 112 Å². The Balaban J connectivity index is 1.73. The molecule has 0 radical (unpaired) electrons. The first kappa shape index (κ1) is 11.7. The highest BCUT2D eigenvalue weighted by atomic mass is 32.1. The minimum Gasteiger partial charge on any atom is -0.346 e. The molecule has 7 nitrogen and oxygen atoms in total. The van der Waals surface area contributed by atoms with Gasteiger partial charge in [-0.2, -0.15) is 4.52 Å². The second kappa shape index (κ2) is 4.73. The summed E-state index contributed by atoms with van der Waals surface area (Å²) >= 11 is 1.22. The van der Waals surface area contributed by atoms with Crippen molar-refractivity contribution in [2.45, 2.75) is 13.5 Å². The lowest BCUT2D eigenvalue weighted by molar-refractivity contribution is 0.0949. The number of carbonyl (C=O) groups is 1. The van der Waals surface area contributed by atoms with Crippen LogP contribution in [0.5, 0.6) is 0 Å². The smallest absolute Gasteiger partial charge is 0.282 e. The molecular formula is C11H10N6OS. The van der Waals surface area contributed by atoms with Gasteiger partial charge in [0.1, 0.15) is 0 Å². The first-order valence-electron chi connectivity index (χ1n) is 5.60. The van der Waals surface area contributed by atoms with E-state index in [-0.39, 0.29) is 5.91 Å². The van der Waals surface area contributed by atoms with Crippen molar-refractivity contribution in [3.05, 3.63) is 40.9 Å². The maximum atomic E-state index is 12.0. The van der Waals surface area contributed by atoms with Crippen LogP contribution in [0.1, 0.15) is 21.2 Å². The van der Waals surface area contributed by atoms with Crippen LogP contribution in [0.4, 0.5) is 0 Å². The van der Waals surface area contributed by atoms with Gasteiger partial charge in [0.05, 0.1) is 0 Å². The largest absolute Gasteiger partial charge is 0.346 e. The Kier molecular flexibility index (Phi) is 2.92. The Morgan fingerprint density at radius 2 is 2.16 bits per heavy atom. The normalized spacial score (nSPS) is 10.8. The molecule has 19 heavy (non-hydrogen) atoms. The van der Waals surface area contributed by atoms with Crippen LogP contribution in [0.15, 0.2) is 24.5 Å². The Morgan fingerprint density at radius 3 is 2.89 bits per heavy atom. The van der Waals surface area contributed by atoms with E-state index >= 15 is 0 Å². The number of amides is 1. The van der Waals surface area contributed by atoms with Crippen LogP contribution in [0, 0.1) is 6.92 Å². The molecule has 0 aliphatic heterocycles. The van der Waals surface area contributed by atoms with Crippen molar-refractivity contribution in [3.8, 4) is 0 Å². The van der Waals surface area contributed by atoms with Gasteiger partial charge in [0, 0.05) is 18.9 Å². The molecule has 0 atom stereocenters. The van der Waals surface area contributed by atoms with Gasteiger partial charge in [-0.25, -0.2) is 0 Å². The zero-order chi connectivity index (χ0) is 13.2. The zero-order valence-electron chi connectivity index (χ0n) is 10.1. The van der Waals surface area contributed by atoms with E-state index in [1.54, 1.807) is 23.8 Å².